The van der Waals surface area contributed by atoms with Crippen LogP contribution in [-0.2, 0) is 19.0 Å². The molecule has 1 aromatic heterocycles. The van der Waals surface area contributed by atoms with Crippen molar-refractivity contribution in [3.05, 3.63) is 62.9 Å². The van der Waals surface area contributed by atoms with Crippen molar-refractivity contribution in [3.63, 3.8) is 0 Å². The van der Waals surface area contributed by atoms with Gasteiger partial charge in [0.05, 0.1) is 11.5 Å². The molecule has 9 nitrogen and oxygen atoms in total. The highest BCUT2D eigenvalue weighted by molar-refractivity contribution is 7.86. The molecule has 0 amide bonds. The highest BCUT2D eigenvalue weighted by Crippen LogP contribution is 2.40. The number of benzene rings is 1. The summed E-state index contributed by atoms with van der Waals surface area (Å²) < 4.78 is 50.6. The summed E-state index contributed by atoms with van der Waals surface area (Å²) in [4.78, 5) is 25.0. The summed E-state index contributed by atoms with van der Waals surface area (Å²) in [6, 6.07) is 6.90. The van der Waals surface area contributed by atoms with Crippen LogP contribution in [0.5, 0.6) is 0 Å². The van der Waals surface area contributed by atoms with Crippen LogP contribution in [0.4, 0.5) is 4.39 Å². The molecule has 0 aliphatic carbocycles. The summed E-state index contributed by atoms with van der Waals surface area (Å²) in [5, 5.41) is 10.2. The normalized spacial score (nSPS) is 27.8. The molecule has 3 rings (SSSR count). The molecule has 0 spiro atoms. The van der Waals surface area contributed by atoms with Crippen molar-refractivity contribution in [1.82, 2.24) is 9.55 Å². The van der Waals surface area contributed by atoms with E-state index in [0.29, 0.717) is 0 Å². The number of rotatable bonds is 5. The van der Waals surface area contributed by atoms with E-state index >= 15 is 4.39 Å². The third-order valence-electron chi connectivity index (χ3n) is 4.52. The standard InChI is InChI=1S/C17H19FN2O7S/c1-10-3-5-11(6-4-10)28(24,25)26-9-12-14(22)17(2,18)15(27-12)20-8-7-13(21)19-16(20)23/h3-8,12,14-15,22H,9H2,1-2H3,(H,19,21,23)/t12-,14?,15-,17-/m1/s1. The van der Waals surface area contributed by atoms with Gasteiger partial charge in [-0.1, -0.05) is 17.7 Å². The van der Waals surface area contributed by atoms with Gasteiger partial charge < -0.3 is 9.84 Å². The zero-order valence-electron chi connectivity index (χ0n) is 15.0. The third kappa shape index (κ3) is 3.78. The zero-order valence-corrected chi connectivity index (χ0v) is 15.8. The molecule has 1 unspecified atom stereocenters. The molecular weight excluding hydrogens is 395 g/mol. The van der Waals surface area contributed by atoms with Crippen molar-refractivity contribution in [2.75, 3.05) is 6.61 Å². The van der Waals surface area contributed by atoms with E-state index in [9.17, 15) is 23.1 Å². The van der Waals surface area contributed by atoms with E-state index in [4.69, 9.17) is 8.92 Å². The number of aliphatic hydroxyl groups is 1. The van der Waals surface area contributed by atoms with Crippen LogP contribution in [0.2, 0.25) is 0 Å². The second-order valence-electron chi connectivity index (χ2n) is 6.69. The Hall–Kier alpha value is -2.34. The van der Waals surface area contributed by atoms with Gasteiger partial charge in [-0.15, -0.1) is 0 Å². The molecule has 1 fully saturated rings. The second-order valence-corrected chi connectivity index (χ2v) is 8.31. The first-order valence-corrected chi connectivity index (χ1v) is 9.73. The van der Waals surface area contributed by atoms with Crippen molar-refractivity contribution in [1.29, 1.82) is 0 Å². The number of aryl methyl sites for hydroxylation is 1. The Balaban J connectivity index is 1.79. The van der Waals surface area contributed by atoms with Gasteiger partial charge in [0.2, 0.25) is 0 Å². The summed E-state index contributed by atoms with van der Waals surface area (Å²) in [5.41, 5.74) is -3.19. The van der Waals surface area contributed by atoms with Crippen LogP contribution in [0.15, 0.2) is 51.0 Å². The number of H-pyrrole nitrogens is 1. The highest BCUT2D eigenvalue weighted by Gasteiger charge is 2.55. The molecule has 28 heavy (non-hydrogen) atoms. The van der Waals surface area contributed by atoms with Crippen molar-refractivity contribution in [2.45, 2.75) is 42.8 Å². The Kier molecular flexibility index (Phi) is 5.28. The van der Waals surface area contributed by atoms with Crippen molar-refractivity contribution in [3.8, 4) is 0 Å². The Bertz CT molecular complexity index is 1080. The fourth-order valence-corrected chi connectivity index (χ4v) is 3.81. The van der Waals surface area contributed by atoms with Gasteiger partial charge in [0.1, 0.15) is 12.2 Å². The molecule has 2 aromatic rings. The molecule has 4 atom stereocenters. The molecule has 1 aromatic carbocycles. The molecule has 152 valence electrons. The fraction of sp³-hybridized carbons (Fsp3) is 0.412. The smallest absolute Gasteiger partial charge is 0.330 e. The first-order chi connectivity index (χ1) is 13.0. The summed E-state index contributed by atoms with van der Waals surface area (Å²) >= 11 is 0. The average molecular weight is 414 g/mol. The van der Waals surface area contributed by atoms with Crippen molar-refractivity contribution >= 4 is 10.1 Å². The largest absolute Gasteiger partial charge is 0.387 e. The highest BCUT2D eigenvalue weighted by atomic mass is 32.2. The van der Waals surface area contributed by atoms with Crippen LogP contribution in [0.1, 0.15) is 18.7 Å². The maximum Gasteiger partial charge on any atom is 0.330 e. The maximum absolute atomic E-state index is 15.0. The lowest BCUT2D eigenvalue weighted by atomic mass is 9.98. The number of ether oxygens (including phenoxy) is 1. The van der Waals surface area contributed by atoms with Crippen LogP contribution in [-0.4, -0.2) is 47.6 Å². The first-order valence-electron chi connectivity index (χ1n) is 8.32. The summed E-state index contributed by atoms with van der Waals surface area (Å²) in [6.07, 6.45) is -3.69. The fourth-order valence-electron chi connectivity index (χ4n) is 2.89. The molecule has 0 saturated carbocycles. The zero-order chi connectivity index (χ0) is 20.7. The van der Waals surface area contributed by atoms with Gasteiger partial charge in [-0.2, -0.15) is 8.42 Å². The summed E-state index contributed by atoms with van der Waals surface area (Å²) in [6.45, 7) is 2.14. The maximum atomic E-state index is 15.0. The quantitative estimate of drug-likeness (QED) is 0.671. The molecule has 1 aliphatic heterocycles. The molecule has 0 radical (unpaired) electrons. The molecule has 11 heteroatoms. The number of aliphatic hydroxyl groups excluding tert-OH is 1. The van der Waals surface area contributed by atoms with Gasteiger partial charge in [-0.3, -0.25) is 18.5 Å². The number of nitrogens with one attached hydrogen (secondary N) is 1. The van der Waals surface area contributed by atoms with E-state index in [-0.39, 0.29) is 4.90 Å². The van der Waals surface area contributed by atoms with Gasteiger partial charge in [-0.05, 0) is 26.0 Å². The number of aromatic amines is 1. The topological polar surface area (TPSA) is 128 Å². The van der Waals surface area contributed by atoms with Crippen molar-refractivity contribution < 1.29 is 26.8 Å². The first kappa shape index (κ1) is 20.4. The molecule has 0 bridgehead atoms. The van der Waals surface area contributed by atoms with E-state index in [0.717, 1.165) is 29.3 Å². The van der Waals surface area contributed by atoms with E-state index < -0.39 is 52.1 Å². The molecule has 1 aliphatic rings. The Morgan fingerprint density at radius 2 is 1.93 bits per heavy atom. The van der Waals surface area contributed by atoms with E-state index in [1.165, 1.54) is 12.1 Å². The van der Waals surface area contributed by atoms with Crippen LogP contribution in [0, 0.1) is 6.92 Å². The molecule has 2 heterocycles. The van der Waals surface area contributed by atoms with E-state index in [1.54, 1.807) is 19.1 Å². The lowest BCUT2D eigenvalue weighted by Crippen LogP contribution is -2.43. The Labute approximate surface area is 159 Å². The summed E-state index contributed by atoms with van der Waals surface area (Å²) in [5.74, 6) is 0. The minimum Gasteiger partial charge on any atom is -0.387 e. The number of nitrogens with zero attached hydrogens (tertiary/aromatic N) is 1. The average Bonchev–Trinajstić information content (AvgIpc) is 2.84. The molecule has 2 N–H and O–H groups in total. The predicted molar refractivity (Wildman–Crippen MR) is 95.1 cm³/mol. The molecule has 1 saturated heterocycles. The minimum absolute atomic E-state index is 0.0954. The van der Waals surface area contributed by atoms with Crippen molar-refractivity contribution in [2.24, 2.45) is 0 Å². The van der Waals surface area contributed by atoms with Crippen LogP contribution < -0.4 is 11.2 Å². The van der Waals surface area contributed by atoms with Gasteiger partial charge >= 0.3 is 5.69 Å². The SMILES string of the molecule is Cc1ccc(S(=O)(=O)OC[C@H]2O[C@@H](n3ccc(=O)[nH]c3=O)[C@](C)(F)C2O)cc1. The monoisotopic (exact) mass is 414 g/mol. The Morgan fingerprint density at radius 3 is 2.54 bits per heavy atom. The van der Waals surface area contributed by atoms with Gasteiger partial charge in [-0.25, -0.2) is 9.18 Å². The second kappa shape index (κ2) is 7.24. The minimum atomic E-state index is -4.15. The third-order valence-corrected chi connectivity index (χ3v) is 5.81. The number of aromatic nitrogens is 2. The number of halogens is 1. The number of alkyl halides is 1. The number of hydrogen-bond donors (Lipinski definition) is 2. The lowest BCUT2D eigenvalue weighted by Gasteiger charge is -2.24. The summed E-state index contributed by atoms with van der Waals surface area (Å²) in [7, 11) is -4.15. The van der Waals surface area contributed by atoms with Gasteiger partial charge in [0.15, 0.2) is 11.9 Å². The number of hydrogen-bond acceptors (Lipinski definition) is 7. The van der Waals surface area contributed by atoms with Crippen LogP contribution >= 0.6 is 0 Å². The van der Waals surface area contributed by atoms with Gasteiger partial charge in [0, 0.05) is 12.3 Å². The van der Waals surface area contributed by atoms with E-state index in [2.05, 4.69) is 0 Å². The lowest BCUT2D eigenvalue weighted by molar-refractivity contribution is -0.0581. The Morgan fingerprint density at radius 1 is 1.29 bits per heavy atom. The predicted octanol–water partition coefficient (Wildman–Crippen LogP) is 0.237. The van der Waals surface area contributed by atoms with Crippen LogP contribution in [0.3, 0.4) is 0 Å². The van der Waals surface area contributed by atoms with Crippen LogP contribution in [0.25, 0.3) is 0 Å². The van der Waals surface area contributed by atoms with E-state index in [1.807, 2.05) is 4.98 Å². The molecular formula is C17H19FN2O7S. The van der Waals surface area contributed by atoms with Gasteiger partial charge in [0.25, 0.3) is 15.7 Å².